The summed E-state index contributed by atoms with van der Waals surface area (Å²) in [5.74, 6) is -0.0794. The molecule has 1 N–H and O–H groups in total. The predicted molar refractivity (Wildman–Crippen MR) is 147 cm³/mol. The summed E-state index contributed by atoms with van der Waals surface area (Å²) in [6, 6.07) is 31.0. The molecule has 0 spiro atoms. The molecule has 5 aromatic carbocycles. The Kier molecular flexibility index (Phi) is 7.22. The van der Waals surface area contributed by atoms with Gasteiger partial charge in [-0.15, -0.1) is 0 Å². The van der Waals surface area contributed by atoms with Gasteiger partial charge in [-0.2, -0.15) is 0 Å². The van der Waals surface area contributed by atoms with Gasteiger partial charge in [-0.25, -0.2) is 4.79 Å². The maximum Gasteiger partial charge on any atom is 0.333 e. The molecule has 1 amide bonds. The Balaban J connectivity index is 1.48. The second-order valence-corrected chi connectivity index (χ2v) is 8.82. The van der Waals surface area contributed by atoms with Crippen molar-refractivity contribution in [1.82, 2.24) is 5.32 Å². The molecule has 0 heterocycles. The molecular weight excluding hydrogens is 478 g/mol. The standard InChI is InChI=1S/C32H27NO5/c1-36-25-17-24(18-26(19-25)37-2)31(34)33-30(29-16-8-12-22-10-4-6-15-28(22)29)32(35)38-20-23-13-7-11-21-9-3-5-14-27(21)23/h3-19,30H,20H2,1-2H3,(H,33,34)/t30-/m1/s1. The molecule has 38 heavy (non-hydrogen) atoms. The van der Waals surface area contributed by atoms with Crippen LogP contribution in [0.1, 0.15) is 27.5 Å². The number of methoxy groups -OCH3 is 2. The lowest BCUT2D eigenvalue weighted by molar-refractivity contribution is -0.147. The van der Waals surface area contributed by atoms with Crippen LogP contribution in [0.4, 0.5) is 0 Å². The first-order valence-electron chi connectivity index (χ1n) is 12.2. The van der Waals surface area contributed by atoms with Crippen LogP contribution in [-0.2, 0) is 16.1 Å². The molecule has 6 nitrogen and oxygen atoms in total. The third kappa shape index (κ3) is 5.15. The molecule has 0 fully saturated rings. The Morgan fingerprint density at radius 3 is 1.97 bits per heavy atom. The van der Waals surface area contributed by atoms with Crippen LogP contribution in [0.15, 0.2) is 103 Å². The molecule has 0 aliphatic carbocycles. The van der Waals surface area contributed by atoms with Crippen LogP contribution in [0.2, 0.25) is 0 Å². The highest BCUT2D eigenvalue weighted by Gasteiger charge is 2.27. The van der Waals surface area contributed by atoms with Crippen molar-refractivity contribution in [2.24, 2.45) is 0 Å². The van der Waals surface area contributed by atoms with Gasteiger partial charge in [-0.1, -0.05) is 84.9 Å². The summed E-state index contributed by atoms with van der Waals surface area (Å²) in [7, 11) is 3.03. The van der Waals surface area contributed by atoms with Crippen molar-refractivity contribution in [3.05, 3.63) is 120 Å². The normalized spacial score (nSPS) is 11.6. The molecule has 0 saturated heterocycles. The maximum absolute atomic E-state index is 13.6. The average Bonchev–Trinajstić information content (AvgIpc) is 2.97. The lowest BCUT2D eigenvalue weighted by atomic mass is 9.98. The van der Waals surface area contributed by atoms with Crippen LogP contribution in [0, 0.1) is 0 Å². The summed E-state index contributed by atoms with van der Waals surface area (Å²) in [6.45, 7) is 0.0737. The van der Waals surface area contributed by atoms with Crippen LogP contribution in [0.25, 0.3) is 21.5 Å². The zero-order valence-electron chi connectivity index (χ0n) is 21.1. The molecule has 0 aliphatic rings. The molecule has 5 rings (SSSR count). The van der Waals surface area contributed by atoms with E-state index < -0.39 is 17.9 Å². The molecule has 0 radical (unpaired) electrons. The number of carbonyl (C=O) groups is 2. The molecule has 6 heteroatoms. The van der Waals surface area contributed by atoms with Gasteiger partial charge in [-0.3, -0.25) is 4.79 Å². The average molecular weight is 506 g/mol. The van der Waals surface area contributed by atoms with Crippen LogP contribution < -0.4 is 14.8 Å². The van der Waals surface area contributed by atoms with Crippen molar-refractivity contribution in [3.8, 4) is 11.5 Å². The van der Waals surface area contributed by atoms with Gasteiger partial charge in [0.25, 0.3) is 5.91 Å². The van der Waals surface area contributed by atoms with Crippen LogP contribution >= 0.6 is 0 Å². The second kappa shape index (κ2) is 11.0. The molecule has 1 atom stereocenters. The number of carbonyl (C=O) groups excluding carboxylic acids is 2. The molecule has 0 bridgehead atoms. The summed E-state index contributed by atoms with van der Waals surface area (Å²) < 4.78 is 16.5. The largest absolute Gasteiger partial charge is 0.497 e. The van der Waals surface area contributed by atoms with Crippen molar-refractivity contribution in [2.45, 2.75) is 12.6 Å². The minimum atomic E-state index is -1.04. The summed E-state index contributed by atoms with van der Waals surface area (Å²) in [6.07, 6.45) is 0. The zero-order chi connectivity index (χ0) is 26.5. The Morgan fingerprint density at radius 1 is 0.711 bits per heavy atom. The Bertz CT molecular complexity index is 1590. The first-order chi connectivity index (χ1) is 18.6. The molecule has 190 valence electrons. The topological polar surface area (TPSA) is 73.9 Å². The first-order valence-corrected chi connectivity index (χ1v) is 12.2. The van der Waals surface area contributed by atoms with Crippen molar-refractivity contribution >= 4 is 33.4 Å². The number of ether oxygens (including phenoxy) is 3. The van der Waals surface area contributed by atoms with Gasteiger partial charge in [-0.05, 0) is 44.8 Å². The SMILES string of the molecule is COc1cc(OC)cc(C(=O)N[C@@H](C(=O)OCc2cccc3ccccc23)c2cccc3ccccc23)c1. The fourth-order valence-electron chi connectivity index (χ4n) is 4.57. The highest BCUT2D eigenvalue weighted by atomic mass is 16.5. The van der Waals surface area contributed by atoms with E-state index in [0.29, 0.717) is 22.6 Å². The number of esters is 1. The van der Waals surface area contributed by atoms with Gasteiger partial charge in [0.05, 0.1) is 14.2 Å². The van der Waals surface area contributed by atoms with E-state index in [2.05, 4.69) is 5.32 Å². The summed E-state index contributed by atoms with van der Waals surface area (Å²) in [5.41, 5.74) is 1.83. The number of hydrogen-bond donors (Lipinski definition) is 1. The van der Waals surface area contributed by atoms with E-state index in [4.69, 9.17) is 14.2 Å². The highest BCUT2D eigenvalue weighted by Crippen LogP contribution is 2.28. The summed E-state index contributed by atoms with van der Waals surface area (Å²) >= 11 is 0. The number of fused-ring (bicyclic) bond motifs is 2. The number of amides is 1. The summed E-state index contributed by atoms with van der Waals surface area (Å²) in [5, 5.41) is 6.77. The quantitative estimate of drug-likeness (QED) is 0.253. The predicted octanol–water partition coefficient (Wildman–Crippen LogP) is 6.22. The van der Waals surface area contributed by atoms with E-state index in [9.17, 15) is 9.59 Å². The van der Waals surface area contributed by atoms with E-state index >= 15 is 0 Å². The van der Waals surface area contributed by atoms with Crippen LogP contribution in [0.3, 0.4) is 0 Å². The monoisotopic (exact) mass is 505 g/mol. The van der Waals surface area contributed by atoms with E-state index in [1.165, 1.54) is 14.2 Å². The number of benzene rings is 5. The minimum absolute atomic E-state index is 0.0737. The smallest absolute Gasteiger partial charge is 0.333 e. The van der Waals surface area contributed by atoms with Gasteiger partial charge in [0.1, 0.15) is 18.1 Å². The van der Waals surface area contributed by atoms with Crippen molar-refractivity contribution in [3.63, 3.8) is 0 Å². The Hall–Kier alpha value is -4.84. The lowest BCUT2D eigenvalue weighted by Gasteiger charge is -2.20. The van der Waals surface area contributed by atoms with E-state index in [1.54, 1.807) is 18.2 Å². The Morgan fingerprint density at radius 2 is 1.29 bits per heavy atom. The van der Waals surface area contributed by atoms with Gasteiger partial charge in [0, 0.05) is 11.6 Å². The third-order valence-electron chi connectivity index (χ3n) is 6.51. The summed E-state index contributed by atoms with van der Waals surface area (Å²) in [4.78, 5) is 27.0. The second-order valence-electron chi connectivity index (χ2n) is 8.82. The van der Waals surface area contributed by atoms with Gasteiger partial charge in [0.2, 0.25) is 0 Å². The van der Waals surface area contributed by atoms with E-state index in [1.807, 2.05) is 84.9 Å². The third-order valence-corrected chi connectivity index (χ3v) is 6.51. The number of nitrogens with one attached hydrogen (secondary N) is 1. The van der Waals surface area contributed by atoms with Crippen molar-refractivity contribution < 1.29 is 23.8 Å². The number of rotatable bonds is 8. The zero-order valence-corrected chi connectivity index (χ0v) is 21.1. The maximum atomic E-state index is 13.6. The molecule has 5 aromatic rings. The molecule has 0 saturated carbocycles. The molecule has 0 aliphatic heterocycles. The van der Waals surface area contributed by atoms with Gasteiger partial charge in [0.15, 0.2) is 6.04 Å². The van der Waals surface area contributed by atoms with E-state index in [0.717, 1.165) is 27.1 Å². The fraction of sp³-hybridized carbons (Fsp3) is 0.125. The van der Waals surface area contributed by atoms with Gasteiger partial charge < -0.3 is 19.5 Å². The molecular formula is C32H27NO5. The van der Waals surface area contributed by atoms with Crippen molar-refractivity contribution in [1.29, 1.82) is 0 Å². The van der Waals surface area contributed by atoms with Crippen LogP contribution in [-0.4, -0.2) is 26.1 Å². The molecule has 0 unspecified atom stereocenters. The van der Waals surface area contributed by atoms with Gasteiger partial charge >= 0.3 is 5.97 Å². The van der Waals surface area contributed by atoms with E-state index in [-0.39, 0.29) is 6.61 Å². The highest BCUT2D eigenvalue weighted by molar-refractivity contribution is 5.99. The van der Waals surface area contributed by atoms with Crippen molar-refractivity contribution in [2.75, 3.05) is 14.2 Å². The Labute approximate surface area is 220 Å². The first kappa shape index (κ1) is 24.8. The minimum Gasteiger partial charge on any atom is -0.497 e. The molecule has 0 aromatic heterocycles. The number of hydrogen-bond acceptors (Lipinski definition) is 5. The van der Waals surface area contributed by atoms with Crippen LogP contribution in [0.5, 0.6) is 11.5 Å². The lowest BCUT2D eigenvalue weighted by Crippen LogP contribution is -2.35. The fourth-order valence-corrected chi connectivity index (χ4v) is 4.57.